The van der Waals surface area contributed by atoms with Gasteiger partial charge in [-0.05, 0) is 46.7 Å². The summed E-state index contributed by atoms with van der Waals surface area (Å²) < 4.78 is 27.2. The Morgan fingerprint density at radius 2 is 1.47 bits per heavy atom. The quantitative estimate of drug-likeness (QED) is 0.245. The SMILES string of the molecule is CC(C)CNC(=O)[C@@H](Cc1ccccc1)N(Cc1c(Cl)cccc1Cl)C(=O)CN(c1ccc(C(C)(C)C)cc1)S(C)(=O)=O. The molecule has 0 aliphatic heterocycles. The normalized spacial score (nSPS) is 12.6. The zero-order valence-electron chi connectivity index (χ0n) is 25.6. The Bertz CT molecular complexity index is 1490. The van der Waals surface area contributed by atoms with E-state index in [0.29, 0.717) is 27.8 Å². The number of benzene rings is 3. The van der Waals surface area contributed by atoms with Crippen LogP contribution in [0.2, 0.25) is 10.0 Å². The lowest BCUT2D eigenvalue weighted by atomic mass is 9.87. The topological polar surface area (TPSA) is 86.8 Å². The molecule has 7 nitrogen and oxygen atoms in total. The third kappa shape index (κ3) is 9.71. The number of carbonyl (C=O) groups excluding carboxylic acids is 2. The number of hydrogen-bond acceptors (Lipinski definition) is 4. The lowest BCUT2D eigenvalue weighted by Crippen LogP contribution is -2.53. The highest BCUT2D eigenvalue weighted by Gasteiger charge is 2.34. The fourth-order valence-corrected chi connectivity index (χ4v) is 5.94. The first-order valence-corrected chi connectivity index (χ1v) is 16.8. The van der Waals surface area contributed by atoms with Crippen LogP contribution in [0, 0.1) is 5.92 Å². The van der Waals surface area contributed by atoms with E-state index in [9.17, 15) is 18.0 Å². The molecule has 0 fully saturated rings. The molecule has 0 aromatic heterocycles. The maximum absolute atomic E-state index is 14.3. The Labute approximate surface area is 266 Å². The lowest BCUT2D eigenvalue weighted by molar-refractivity contribution is -0.140. The molecule has 0 unspecified atom stereocenters. The van der Waals surface area contributed by atoms with E-state index in [4.69, 9.17) is 23.2 Å². The molecule has 232 valence electrons. The molecule has 0 saturated heterocycles. The highest BCUT2D eigenvalue weighted by molar-refractivity contribution is 7.92. The van der Waals surface area contributed by atoms with Gasteiger partial charge in [0.2, 0.25) is 21.8 Å². The van der Waals surface area contributed by atoms with Crippen LogP contribution in [0.4, 0.5) is 5.69 Å². The number of carbonyl (C=O) groups is 2. The molecule has 3 aromatic rings. The molecule has 43 heavy (non-hydrogen) atoms. The van der Waals surface area contributed by atoms with Crippen molar-refractivity contribution < 1.29 is 18.0 Å². The first-order chi connectivity index (χ1) is 20.1. The second-order valence-corrected chi connectivity index (χ2v) is 14.9. The first kappa shape index (κ1) is 34.4. The van der Waals surface area contributed by atoms with E-state index >= 15 is 0 Å². The summed E-state index contributed by atoms with van der Waals surface area (Å²) in [5.41, 5.74) is 2.55. The molecule has 0 saturated carbocycles. The number of sulfonamides is 1. The molecule has 1 atom stereocenters. The van der Waals surface area contributed by atoms with Crippen molar-refractivity contribution in [3.63, 3.8) is 0 Å². The van der Waals surface area contributed by atoms with Crippen molar-refractivity contribution in [3.8, 4) is 0 Å². The molecule has 0 aliphatic carbocycles. The van der Waals surface area contributed by atoms with Crippen LogP contribution in [-0.4, -0.2) is 50.5 Å². The van der Waals surface area contributed by atoms with Crippen molar-refractivity contribution in [2.45, 2.75) is 59.0 Å². The minimum Gasteiger partial charge on any atom is -0.354 e. The van der Waals surface area contributed by atoms with Gasteiger partial charge in [0, 0.05) is 35.1 Å². The average molecular weight is 647 g/mol. The number of hydrogen-bond donors (Lipinski definition) is 1. The predicted octanol–water partition coefficient (Wildman–Crippen LogP) is 6.47. The number of amides is 2. The van der Waals surface area contributed by atoms with Gasteiger partial charge in [0.05, 0.1) is 11.9 Å². The summed E-state index contributed by atoms with van der Waals surface area (Å²) in [6.07, 6.45) is 1.27. The number of anilines is 1. The Balaban J connectivity index is 2.09. The molecular weight excluding hydrogens is 605 g/mol. The highest BCUT2D eigenvalue weighted by atomic mass is 35.5. The summed E-state index contributed by atoms with van der Waals surface area (Å²) in [7, 11) is -3.88. The molecule has 3 rings (SSSR count). The van der Waals surface area contributed by atoms with Crippen molar-refractivity contribution in [1.29, 1.82) is 0 Å². The van der Waals surface area contributed by atoms with Crippen molar-refractivity contribution in [1.82, 2.24) is 10.2 Å². The third-order valence-corrected chi connectivity index (χ3v) is 8.90. The van der Waals surface area contributed by atoms with E-state index in [1.165, 1.54) is 4.90 Å². The minimum absolute atomic E-state index is 0.0928. The van der Waals surface area contributed by atoms with Gasteiger partial charge in [-0.1, -0.05) is 106 Å². The van der Waals surface area contributed by atoms with Gasteiger partial charge in [-0.15, -0.1) is 0 Å². The summed E-state index contributed by atoms with van der Waals surface area (Å²) >= 11 is 13.0. The maximum Gasteiger partial charge on any atom is 0.244 e. The molecule has 0 heterocycles. The van der Waals surface area contributed by atoms with Crippen molar-refractivity contribution in [2.24, 2.45) is 5.92 Å². The Morgan fingerprint density at radius 3 is 1.98 bits per heavy atom. The van der Waals surface area contributed by atoms with Crippen molar-refractivity contribution >= 4 is 50.7 Å². The van der Waals surface area contributed by atoms with Crippen molar-refractivity contribution in [2.75, 3.05) is 23.7 Å². The molecule has 10 heteroatoms. The fourth-order valence-electron chi connectivity index (χ4n) is 4.57. The van der Waals surface area contributed by atoms with E-state index in [2.05, 4.69) is 26.1 Å². The molecule has 2 amide bonds. The monoisotopic (exact) mass is 645 g/mol. The molecule has 0 radical (unpaired) electrons. The fraction of sp³-hybridized carbons (Fsp3) is 0.394. The number of nitrogens with zero attached hydrogens (tertiary/aromatic N) is 2. The summed E-state index contributed by atoms with van der Waals surface area (Å²) in [5, 5.41) is 3.63. The maximum atomic E-state index is 14.3. The van der Waals surface area contributed by atoms with Gasteiger partial charge >= 0.3 is 0 Å². The van der Waals surface area contributed by atoms with Crippen LogP contribution in [0.5, 0.6) is 0 Å². The van der Waals surface area contributed by atoms with Gasteiger partial charge in [0.25, 0.3) is 0 Å². The molecule has 0 spiro atoms. The van der Waals surface area contributed by atoms with Crippen molar-refractivity contribution in [3.05, 3.63) is 99.5 Å². The summed E-state index contributed by atoms with van der Waals surface area (Å²) in [5.74, 6) is -0.739. The van der Waals surface area contributed by atoms with E-state index < -0.39 is 28.5 Å². The zero-order valence-corrected chi connectivity index (χ0v) is 27.9. The van der Waals surface area contributed by atoms with E-state index in [-0.39, 0.29) is 30.2 Å². The Morgan fingerprint density at radius 1 is 0.884 bits per heavy atom. The van der Waals surface area contributed by atoms with Crippen LogP contribution in [0.25, 0.3) is 0 Å². The van der Waals surface area contributed by atoms with Crippen LogP contribution in [0.1, 0.15) is 51.3 Å². The number of halogens is 2. The van der Waals surface area contributed by atoms with E-state index in [1.807, 2.05) is 56.3 Å². The summed E-state index contributed by atoms with van der Waals surface area (Å²) in [6.45, 7) is 9.96. The molecule has 0 bridgehead atoms. The van der Waals surface area contributed by atoms with Gasteiger partial charge < -0.3 is 10.2 Å². The van der Waals surface area contributed by atoms with Gasteiger partial charge in [-0.3, -0.25) is 13.9 Å². The zero-order chi connectivity index (χ0) is 31.9. The third-order valence-electron chi connectivity index (χ3n) is 7.05. The molecule has 0 aliphatic rings. The van der Waals surface area contributed by atoms with Crippen LogP contribution in [0.15, 0.2) is 72.8 Å². The standard InChI is InChI=1S/C33H41Cl2N3O4S/c1-23(2)20-36-32(40)30(19-24-11-8-7-9-12-24)37(21-27-28(34)13-10-14-29(27)35)31(39)22-38(43(6,41)42)26-17-15-25(16-18-26)33(3,4)5/h7-18,23,30H,19-22H2,1-6H3,(H,36,40)/t30-/m1/s1. The molecular formula is C33H41Cl2N3O4S. The van der Waals surface area contributed by atoms with Gasteiger partial charge in [0.1, 0.15) is 12.6 Å². The lowest BCUT2D eigenvalue weighted by Gasteiger charge is -2.34. The smallest absolute Gasteiger partial charge is 0.244 e. The van der Waals surface area contributed by atoms with Crippen LogP contribution in [-0.2, 0) is 38.0 Å². The summed E-state index contributed by atoms with van der Waals surface area (Å²) in [6, 6.07) is 20.5. The predicted molar refractivity (Wildman–Crippen MR) is 176 cm³/mol. The van der Waals surface area contributed by atoms with E-state index in [1.54, 1.807) is 30.3 Å². The van der Waals surface area contributed by atoms with Gasteiger partial charge in [0.15, 0.2) is 0 Å². The molecule has 3 aromatic carbocycles. The highest BCUT2D eigenvalue weighted by Crippen LogP contribution is 2.29. The largest absolute Gasteiger partial charge is 0.354 e. The second-order valence-electron chi connectivity index (χ2n) is 12.1. The first-order valence-electron chi connectivity index (χ1n) is 14.2. The van der Waals surface area contributed by atoms with Gasteiger partial charge in [-0.25, -0.2) is 8.42 Å². The number of rotatable bonds is 12. The van der Waals surface area contributed by atoms with E-state index in [0.717, 1.165) is 21.7 Å². The Kier molecular flexibility index (Phi) is 11.7. The Hall–Kier alpha value is -3.07. The molecule has 1 N–H and O–H groups in total. The minimum atomic E-state index is -3.88. The average Bonchev–Trinajstić information content (AvgIpc) is 2.93. The van der Waals surface area contributed by atoms with Crippen LogP contribution in [0.3, 0.4) is 0 Å². The van der Waals surface area contributed by atoms with Gasteiger partial charge in [-0.2, -0.15) is 0 Å². The van der Waals surface area contributed by atoms with Crippen LogP contribution < -0.4 is 9.62 Å². The second kappa shape index (κ2) is 14.6. The summed E-state index contributed by atoms with van der Waals surface area (Å²) in [4.78, 5) is 29.4. The van der Waals surface area contributed by atoms with Crippen LogP contribution >= 0.6 is 23.2 Å². The number of nitrogens with one attached hydrogen (secondary N) is 1.